The number of alkyl halides is 6. The Kier molecular flexibility index (Phi) is 6.81. The van der Waals surface area contributed by atoms with Crippen LogP contribution in [0.1, 0.15) is 32.7 Å². The summed E-state index contributed by atoms with van der Waals surface area (Å²) in [4.78, 5) is 31.9. The van der Waals surface area contributed by atoms with Gasteiger partial charge in [0.25, 0.3) is 11.5 Å². The predicted molar refractivity (Wildman–Crippen MR) is 129 cm³/mol. The summed E-state index contributed by atoms with van der Waals surface area (Å²) in [6, 6.07) is 11.5. The van der Waals surface area contributed by atoms with Crippen molar-refractivity contribution in [2.75, 3.05) is 7.05 Å². The van der Waals surface area contributed by atoms with Gasteiger partial charge >= 0.3 is 12.4 Å². The molecule has 1 amide bonds. The standard InChI is InChI=1S/C27H21F6N3O2/c1-15-6-8-17(9-7-15)21-20-5-4-10-34-22(20)24(37)36(3)23(21)25(38)35(2)14-16-11-18(26(28,29)30)13-19(12-16)27(31,32)33/h4-13H,14H2,1-3H3. The molecule has 0 N–H and O–H groups in total. The van der Waals surface area contributed by atoms with Gasteiger partial charge in [0, 0.05) is 37.8 Å². The van der Waals surface area contributed by atoms with E-state index in [0.717, 1.165) is 15.0 Å². The second-order valence-corrected chi connectivity index (χ2v) is 8.93. The minimum atomic E-state index is -5.02. The van der Waals surface area contributed by atoms with Crippen LogP contribution in [0, 0.1) is 6.92 Å². The molecule has 0 saturated heterocycles. The van der Waals surface area contributed by atoms with Crippen molar-refractivity contribution >= 4 is 16.8 Å². The molecule has 0 aliphatic rings. The van der Waals surface area contributed by atoms with E-state index in [9.17, 15) is 35.9 Å². The van der Waals surface area contributed by atoms with Crippen LogP contribution in [-0.2, 0) is 25.9 Å². The fourth-order valence-corrected chi connectivity index (χ4v) is 4.23. The van der Waals surface area contributed by atoms with Crippen molar-refractivity contribution in [3.8, 4) is 11.1 Å². The highest BCUT2D eigenvalue weighted by atomic mass is 19.4. The molecule has 2 heterocycles. The summed E-state index contributed by atoms with van der Waals surface area (Å²) in [5.74, 6) is -0.767. The molecule has 2 aromatic heterocycles. The molecule has 0 atom stereocenters. The summed E-state index contributed by atoms with van der Waals surface area (Å²) in [6.07, 6.45) is -8.61. The second-order valence-electron chi connectivity index (χ2n) is 8.93. The highest BCUT2D eigenvalue weighted by molar-refractivity contribution is 6.07. The number of pyridine rings is 2. The Morgan fingerprint density at radius 2 is 1.53 bits per heavy atom. The number of hydrogen-bond donors (Lipinski definition) is 0. The Morgan fingerprint density at radius 3 is 2.08 bits per heavy atom. The fraction of sp³-hybridized carbons (Fsp3) is 0.222. The van der Waals surface area contributed by atoms with Gasteiger partial charge in [0.1, 0.15) is 11.2 Å². The van der Waals surface area contributed by atoms with E-state index in [4.69, 9.17) is 0 Å². The minimum absolute atomic E-state index is 0.0286. The molecule has 4 rings (SSSR count). The topological polar surface area (TPSA) is 55.2 Å². The maximum atomic E-state index is 13.7. The number of hydrogen-bond acceptors (Lipinski definition) is 3. The molecular weight excluding hydrogens is 512 g/mol. The lowest BCUT2D eigenvalue weighted by molar-refractivity contribution is -0.143. The summed E-state index contributed by atoms with van der Waals surface area (Å²) in [6.45, 7) is 1.30. The lowest BCUT2D eigenvalue weighted by Gasteiger charge is -2.23. The first kappa shape index (κ1) is 26.9. The summed E-state index contributed by atoms with van der Waals surface area (Å²) >= 11 is 0. The highest BCUT2D eigenvalue weighted by Crippen LogP contribution is 2.37. The fourth-order valence-electron chi connectivity index (χ4n) is 4.23. The lowest BCUT2D eigenvalue weighted by atomic mass is 9.97. The smallest absolute Gasteiger partial charge is 0.336 e. The number of benzene rings is 2. The van der Waals surface area contributed by atoms with Crippen LogP contribution in [0.25, 0.3) is 22.0 Å². The maximum absolute atomic E-state index is 13.7. The van der Waals surface area contributed by atoms with E-state index in [0.29, 0.717) is 28.6 Å². The molecule has 0 aliphatic carbocycles. The van der Waals surface area contributed by atoms with E-state index < -0.39 is 41.5 Å². The molecule has 0 saturated carbocycles. The number of carbonyl (C=O) groups is 1. The molecule has 0 unspecified atom stereocenters. The molecule has 0 aliphatic heterocycles. The van der Waals surface area contributed by atoms with Crippen LogP contribution in [-0.4, -0.2) is 27.4 Å². The number of carbonyl (C=O) groups excluding carboxylic acids is 1. The van der Waals surface area contributed by atoms with Crippen molar-refractivity contribution < 1.29 is 31.1 Å². The van der Waals surface area contributed by atoms with Gasteiger partial charge in [0.05, 0.1) is 11.1 Å². The monoisotopic (exact) mass is 533 g/mol. The van der Waals surface area contributed by atoms with E-state index in [1.54, 1.807) is 24.3 Å². The zero-order chi connectivity index (χ0) is 28.0. The third-order valence-electron chi connectivity index (χ3n) is 6.11. The van der Waals surface area contributed by atoms with Crippen LogP contribution in [0.15, 0.2) is 65.6 Å². The van der Waals surface area contributed by atoms with Crippen LogP contribution in [0.4, 0.5) is 26.3 Å². The Labute approximate surface area is 213 Å². The summed E-state index contributed by atoms with van der Waals surface area (Å²) < 4.78 is 81.0. The molecule has 0 fully saturated rings. The number of aryl methyl sites for hydroxylation is 1. The molecule has 5 nitrogen and oxygen atoms in total. The van der Waals surface area contributed by atoms with Gasteiger partial charge in [-0.1, -0.05) is 35.9 Å². The first-order valence-electron chi connectivity index (χ1n) is 11.3. The van der Waals surface area contributed by atoms with E-state index >= 15 is 0 Å². The number of halogens is 6. The van der Waals surface area contributed by atoms with Gasteiger partial charge in [-0.25, -0.2) is 0 Å². The molecule has 2 aromatic carbocycles. The number of amides is 1. The van der Waals surface area contributed by atoms with E-state index in [1.165, 1.54) is 20.3 Å². The first-order chi connectivity index (χ1) is 17.7. The van der Waals surface area contributed by atoms with Crippen LogP contribution in [0.3, 0.4) is 0 Å². The van der Waals surface area contributed by atoms with Crippen molar-refractivity contribution in [2.45, 2.75) is 25.8 Å². The van der Waals surface area contributed by atoms with Crippen molar-refractivity contribution in [1.82, 2.24) is 14.5 Å². The Morgan fingerprint density at radius 1 is 0.947 bits per heavy atom. The number of nitrogens with zero attached hydrogens (tertiary/aromatic N) is 3. The SMILES string of the molecule is Cc1ccc(-c2c(C(=O)N(C)Cc3cc(C(F)(F)F)cc(C(F)(F)F)c3)n(C)c(=O)c3ncccc23)cc1. The summed E-state index contributed by atoms with van der Waals surface area (Å²) in [5.41, 5.74) is -1.98. The molecule has 4 aromatic rings. The van der Waals surface area contributed by atoms with Gasteiger partial charge in [0.15, 0.2) is 0 Å². The van der Waals surface area contributed by atoms with Gasteiger partial charge < -0.3 is 9.47 Å². The van der Waals surface area contributed by atoms with Gasteiger partial charge in [-0.2, -0.15) is 26.3 Å². The molecule has 0 bridgehead atoms. The molecule has 38 heavy (non-hydrogen) atoms. The van der Waals surface area contributed by atoms with Crippen molar-refractivity contribution in [2.24, 2.45) is 7.05 Å². The number of rotatable bonds is 4. The van der Waals surface area contributed by atoms with Crippen LogP contribution < -0.4 is 5.56 Å². The first-order valence-corrected chi connectivity index (χ1v) is 11.3. The Balaban J connectivity index is 1.86. The zero-order valence-electron chi connectivity index (χ0n) is 20.4. The Hall–Kier alpha value is -4.15. The molecule has 198 valence electrons. The second kappa shape index (κ2) is 9.62. The van der Waals surface area contributed by atoms with E-state index in [-0.39, 0.29) is 22.8 Å². The number of fused-ring (bicyclic) bond motifs is 1. The van der Waals surface area contributed by atoms with E-state index in [1.807, 2.05) is 19.1 Å². The molecule has 0 radical (unpaired) electrons. The molecule has 11 heteroatoms. The van der Waals surface area contributed by atoms with Crippen LogP contribution >= 0.6 is 0 Å². The lowest BCUT2D eigenvalue weighted by Crippen LogP contribution is -2.33. The highest BCUT2D eigenvalue weighted by Gasteiger charge is 2.37. The largest absolute Gasteiger partial charge is 0.416 e. The zero-order valence-corrected chi connectivity index (χ0v) is 20.4. The van der Waals surface area contributed by atoms with Gasteiger partial charge in [-0.3, -0.25) is 14.6 Å². The normalized spacial score (nSPS) is 12.1. The van der Waals surface area contributed by atoms with Crippen molar-refractivity contribution in [3.05, 3.63) is 99.1 Å². The van der Waals surface area contributed by atoms with Crippen molar-refractivity contribution in [1.29, 1.82) is 0 Å². The third kappa shape index (κ3) is 5.13. The average molecular weight is 533 g/mol. The predicted octanol–water partition coefficient (Wildman–Crippen LogP) is 6.22. The third-order valence-corrected chi connectivity index (χ3v) is 6.11. The van der Waals surface area contributed by atoms with Gasteiger partial charge in [-0.05, 0) is 42.3 Å². The maximum Gasteiger partial charge on any atom is 0.416 e. The van der Waals surface area contributed by atoms with Crippen LogP contribution in [0.2, 0.25) is 0 Å². The summed E-state index contributed by atoms with van der Waals surface area (Å²) in [5, 5.41) is 0.384. The number of aromatic nitrogens is 2. The van der Waals surface area contributed by atoms with Crippen LogP contribution in [0.5, 0.6) is 0 Å². The summed E-state index contributed by atoms with van der Waals surface area (Å²) in [7, 11) is 2.61. The van der Waals surface area contributed by atoms with Gasteiger partial charge in [0.2, 0.25) is 0 Å². The molecule has 0 spiro atoms. The van der Waals surface area contributed by atoms with E-state index in [2.05, 4.69) is 4.98 Å². The minimum Gasteiger partial charge on any atom is -0.336 e. The van der Waals surface area contributed by atoms with Gasteiger partial charge in [-0.15, -0.1) is 0 Å². The quantitative estimate of drug-likeness (QED) is 0.293. The average Bonchev–Trinajstić information content (AvgIpc) is 2.85. The molecular formula is C27H21F6N3O2. The van der Waals surface area contributed by atoms with Crippen molar-refractivity contribution in [3.63, 3.8) is 0 Å². The Bertz CT molecular complexity index is 1560.